The fourth-order valence-corrected chi connectivity index (χ4v) is 4.07. The maximum absolute atomic E-state index is 12.3. The molecule has 0 saturated carbocycles. The van der Waals surface area contributed by atoms with Gasteiger partial charge in [0, 0.05) is 25.4 Å². The molecule has 0 aliphatic heterocycles. The minimum Gasteiger partial charge on any atom is -0.355 e. The van der Waals surface area contributed by atoms with E-state index in [0.717, 1.165) is 37.1 Å². The molecule has 4 heteroatoms. The number of hydrogen-bond acceptors (Lipinski definition) is 2. The molecular formula is C25H41N3O. The van der Waals surface area contributed by atoms with E-state index in [9.17, 15) is 4.79 Å². The Kier molecular flexibility index (Phi) is 10.8. The van der Waals surface area contributed by atoms with Crippen LogP contribution < -0.4 is 5.32 Å². The van der Waals surface area contributed by atoms with Gasteiger partial charge in [-0.2, -0.15) is 0 Å². The third kappa shape index (κ3) is 7.49. The third-order valence-electron chi connectivity index (χ3n) is 5.97. The van der Waals surface area contributed by atoms with Crippen LogP contribution in [-0.4, -0.2) is 22.0 Å². The lowest BCUT2D eigenvalue weighted by molar-refractivity contribution is -0.125. The first-order valence-electron chi connectivity index (χ1n) is 11.9. The highest BCUT2D eigenvalue weighted by Crippen LogP contribution is 2.18. The van der Waals surface area contributed by atoms with E-state index in [1.165, 1.54) is 56.9 Å². The van der Waals surface area contributed by atoms with Crippen molar-refractivity contribution in [3.8, 4) is 0 Å². The molecule has 0 saturated heterocycles. The number of aromatic nitrogens is 2. The van der Waals surface area contributed by atoms with Crippen LogP contribution in [0.2, 0.25) is 0 Å². The van der Waals surface area contributed by atoms with Gasteiger partial charge in [0.05, 0.1) is 11.0 Å². The highest BCUT2D eigenvalue weighted by molar-refractivity contribution is 5.78. The van der Waals surface area contributed by atoms with Crippen LogP contribution >= 0.6 is 0 Å². The van der Waals surface area contributed by atoms with Crippen LogP contribution in [0.3, 0.4) is 0 Å². The van der Waals surface area contributed by atoms with E-state index in [2.05, 4.69) is 54.9 Å². The van der Waals surface area contributed by atoms with Gasteiger partial charge in [-0.3, -0.25) is 4.79 Å². The summed E-state index contributed by atoms with van der Waals surface area (Å²) >= 11 is 0. The molecule has 0 aliphatic rings. The molecule has 0 unspecified atom stereocenters. The minimum absolute atomic E-state index is 0.131. The van der Waals surface area contributed by atoms with Gasteiger partial charge in [0.25, 0.3) is 0 Å². The molecule has 2 aromatic rings. The van der Waals surface area contributed by atoms with E-state index >= 15 is 0 Å². The zero-order chi connectivity index (χ0) is 20.9. The molecule has 2 rings (SSSR count). The summed E-state index contributed by atoms with van der Waals surface area (Å²) in [6.45, 7) is 8.11. The molecule has 1 aromatic carbocycles. The summed E-state index contributed by atoms with van der Waals surface area (Å²) in [5.41, 5.74) is 2.28. The number of benzene rings is 1. The predicted molar refractivity (Wildman–Crippen MR) is 123 cm³/mol. The van der Waals surface area contributed by atoms with E-state index < -0.39 is 0 Å². The van der Waals surface area contributed by atoms with Gasteiger partial charge in [-0.25, -0.2) is 4.98 Å². The van der Waals surface area contributed by atoms with Gasteiger partial charge in [-0.15, -0.1) is 0 Å². The van der Waals surface area contributed by atoms with Crippen molar-refractivity contribution in [2.75, 3.05) is 6.54 Å². The second-order valence-corrected chi connectivity index (χ2v) is 8.20. The van der Waals surface area contributed by atoms with Gasteiger partial charge < -0.3 is 9.88 Å². The SMILES string of the molecule is CCCCCCCCCCn1c(CCNC(=O)C(CC)CC)nc2ccccc21. The molecule has 1 aromatic heterocycles. The summed E-state index contributed by atoms with van der Waals surface area (Å²) < 4.78 is 2.37. The van der Waals surface area contributed by atoms with E-state index in [-0.39, 0.29) is 11.8 Å². The summed E-state index contributed by atoms with van der Waals surface area (Å²) in [5, 5.41) is 3.11. The Morgan fingerprint density at radius 1 is 0.966 bits per heavy atom. The van der Waals surface area contributed by atoms with Gasteiger partial charge >= 0.3 is 0 Å². The zero-order valence-corrected chi connectivity index (χ0v) is 18.9. The standard InChI is InChI=1S/C25H41N3O/c1-4-7-8-9-10-11-12-15-20-28-23-17-14-13-16-22(23)27-24(28)18-19-26-25(29)21(5-2)6-3/h13-14,16-17,21H,4-12,15,18-20H2,1-3H3,(H,26,29). The number of carbonyl (C=O) groups excluding carboxylic acids is 1. The Hall–Kier alpha value is -1.84. The van der Waals surface area contributed by atoms with Crippen molar-refractivity contribution in [3.63, 3.8) is 0 Å². The van der Waals surface area contributed by atoms with Crippen LogP contribution in [0.25, 0.3) is 11.0 Å². The Bertz CT molecular complexity index is 718. The van der Waals surface area contributed by atoms with E-state index in [1.54, 1.807) is 0 Å². The Balaban J connectivity index is 1.87. The number of rotatable bonds is 15. The van der Waals surface area contributed by atoms with E-state index in [1.807, 2.05) is 0 Å². The molecule has 1 heterocycles. The van der Waals surface area contributed by atoms with Crippen LogP contribution in [0.15, 0.2) is 24.3 Å². The monoisotopic (exact) mass is 399 g/mol. The van der Waals surface area contributed by atoms with Gasteiger partial charge in [0.1, 0.15) is 5.82 Å². The number of imidazole rings is 1. The van der Waals surface area contributed by atoms with Gasteiger partial charge in [-0.1, -0.05) is 77.8 Å². The fraction of sp³-hybridized carbons (Fsp3) is 0.680. The minimum atomic E-state index is 0.131. The van der Waals surface area contributed by atoms with Gasteiger partial charge in [0.2, 0.25) is 5.91 Å². The predicted octanol–water partition coefficient (Wildman–Crippen LogP) is 6.27. The van der Waals surface area contributed by atoms with Crippen molar-refractivity contribution >= 4 is 16.9 Å². The molecule has 162 valence electrons. The average molecular weight is 400 g/mol. The maximum Gasteiger partial charge on any atom is 0.223 e. The third-order valence-corrected chi connectivity index (χ3v) is 5.97. The largest absolute Gasteiger partial charge is 0.355 e. The summed E-state index contributed by atoms with van der Waals surface area (Å²) in [4.78, 5) is 17.1. The summed E-state index contributed by atoms with van der Waals surface area (Å²) in [7, 11) is 0. The van der Waals surface area contributed by atoms with Crippen molar-refractivity contribution in [2.45, 2.75) is 97.9 Å². The average Bonchev–Trinajstić information content (AvgIpc) is 3.08. The van der Waals surface area contributed by atoms with E-state index in [0.29, 0.717) is 6.54 Å². The Labute approximate surface area is 177 Å². The summed E-state index contributed by atoms with van der Waals surface area (Å²) in [5.74, 6) is 1.41. The number of aryl methyl sites for hydroxylation is 1. The molecule has 0 fully saturated rings. The molecule has 1 N–H and O–H groups in total. The molecule has 4 nitrogen and oxygen atoms in total. The number of carbonyl (C=O) groups is 1. The van der Waals surface area contributed by atoms with Crippen molar-refractivity contribution in [1.29, 1.82) is 0 Å². The van der Waals surface area contributed by atoms with Crippen molar-refractivity contribution < 1.29 is 4.79 Å². The lowest BCUT2D eigenvalue weighted by Gasteiger charge is -2.13. The lowest BCUT2D eigenvalue weighted by atomic mass is 10.0. The van der Waals surface area contributed by atoms with Crippen LogP contribution in [0, 0.1) is 5.92 Å². The first-order chi connectivity index (χ1) is 14.2. The quantitative estimate of drug-likeness (QED) is 0.359. The number of hydrogen-bond donors (Lipinski definition) is 1. The molecule has 0 atom stereocenters. The first-order valence-corrected chi connectivity index (χ1v) is 11.9. The highest BCUT2D eigenvalue weighted by atomic mass is 16.1. The zero-order valence-electron chi connectivity index (χ0n) is 18.9. The number of para-hydroxylation sites is 2. The molecule has 0 radical (unpaired) electrons. The summed E-state index contributed by atoms with van der Waals surface area (Å²) in [6.07, 6.45) is 13.2. The van der Waals surface area contributed by atoms with Crippen LogP contribution in [0.5, 0.6) is 0 Å². The molecular weight excluding hydrogens is 358 g/mol. The highest BCUT2D eigenvalue weighted by Gasteiger charge is 2.14. The van der Waals surface area contributed by atoms with Crippen molar-refractivity contribution in [3.05, 3.63) is 30.1 Å². The Morgan fingerprint density at radius 3 is 2.31 bits per heavy atom. The fourth-order valence-electron chi connectivity index (χ4n) is 4.07. The first kappa shape index (κ1) is 23.4. The van der Waals surface area contributed by atoms with Gasteiger partial charge in [0.15, 0.2) is 0 Å². The van der Waals surface area contributed by atoms with Crippen LogP contribution in [0.1, 0.15) is 90.8 Å². The molecule has 0 bridgehead atoms. The molecule has 0 aliphatic carbocycles. The smallest absolute Gasteiger partial charge is 0.223 e. The van der Waals surface area contributed by atoms with Crippen molar-refractivity contribution in [1.82, 2.24) is 14.9 Å². The number of nitrogens with zero attached hydrogens (tertiary/aromatic N) is 2. The second kappa shape index (κ2) is 13.4. The summed E-state index contributed by atoms with van der Waals surface area (Å²) in [6, 6.07) is 8.40. The topological polar surface area (TPSA) is 46.9 Å². The van der Waals surface area contributed by atoms with Gasteiger partial charge in [-0.05, 0) is 31.4 Å². The molecule has 0 spiro atoms. The number of fused-ring (bicyclic) bond motifs is 1. The number of amides is 1. The maximum atomic E-state index is 12.3. The van der Waals surface area contributed by atoms with Crippen LogP contribution in [0.4, 0.5) is 0 Å². The number of unbranched alkanes of at least 4 members (excludes halogenated alkanes) is 7. The molecule has 29 heavy (non-hydrogen) atoms. The van der Waals surface area contributed by atoms with Crippen LogP contribution in [-0.2, 0) is 17.8 Å². The van der Waals surface area contributed by atoms with E-state index in [4.69, 9.17) is 4.98 Å². The number of nitrogens with one attached hydrogen (secondary N) is 1. The lowest BCUT2D eigenvalue weighted by Crippen LogP contribution is -2.32. The van der Waals surface area contributed by atoms with Crippen molar-refractivity contribution in [2.24, 2.45) is 5.92 Å². The molecule has 1 amide bonds. The Morgan fingerprint density at radius 2 is 1.62 bits per heavy atom. The normalized spacial score (nSPS) is 11.4. The second-order valence-electron chi connectivity index (χ2n) is 8.20.